The predicted octanol–water partition coefficient (Wildman–Crippen LogP) is 2.52. The maximum atomic E-state index is 5.72. The van der Waals surface area contributed by atoms with Crippen LogP contribution >= 0.6 is 0 Å². The summed E-state index contributed by atoms with van der Waals surface area (Å²) in [5.41, 5.74) is 1.29. The van der Waals surface area contributed by atoms with Gasteiger partial charge >= 0.3 is 0 Å². The Kier molecular flexibility index (Phi) is 4.32. The van der Waals surface area contributed by atoms with Crippen LogP contribution in [0.5, 0.6) is 5.75 Å². The molecule has 2 N–H and O–H groups in total. The molecule has 21 heavy (non-hydrogen) atoms. The van der Waals surface area contributed by atoms with E-state index in [2.05, 4.69) is 42.7 Å². The van der Waals surface area contributed by atoms with E-state index >= 15 is 0 Å². The van der Waals surface area contributed by atoms with Crippen LogP contribution in [0.2, 0.25) is 0 Å². The third-order valence-electron chi connectivity index (χ3n) is 4.33. The van der Waals surface area contributed by atoms with Crippen molar-refractivity contribution in [3.63, 3.8) is 0 Å². The number of rotatable bonds is 4. The third-order valence-corrected chi connectivity index (χ3v) is 4.33. The number of fused-ring (bicyclic) bond motifs is 1. The highest BCUT2D eigenvalue weighted by atomic mass is 16.5. The van der Waals surface area contributed by atoms with Crippen molar-refractivity contribution in [1.29, 1.82) is 0 Å². The van der Waals surface area contributed by atoms with Crippen molar-refractivity contribution in [1.82, 2.24) is 10.6 Å². The van der Waals surface area contributed by atoms with Crippen molar-refractivity contribution >= 4 is 5.96 Å². The lowest BCUT2D eigenvalue weighted by Crippen LogP contribution is -2.39. The topological polar surface area (TPSA) is 45.7 Å². The average Bonchev–Trinajstić information content (AvgIpc) is 3.20. The van der Waals surface area contributed by atoms with Gasteiger partial charge in [-0.3, -0.25) is 4.99 Å². The van der Waals surface area contributed by atoms with E-state index in [1.165, 1.54) is 12.0 Å². The second kappa shape index (κ2) is 6.37. The molecule has 1 heterocycles. The molecule has 0 radical (unpaired) electrons. The summed E-state index contributed by atoms with van der Waals surface area (Å²) >= 11 is 0. The van der Waals surface area contributed by atoms with Crippen molar-refractivity contribution < 1.29 is 4.74 Å². The summed E-state index contributed by atoms with van der Waals surface area (Å²) in [6.07, 6.45) is 2.30. The van der Waals surface area contributed by atoms with E-state index < -0.39 is 0 Å². The van der Waals surface area contributed by atoms with Gasteiger partial charge in [0.25, 0.3) is 0 Å². The summed E-state index contributed by atoms with van der Waals surface area (Å²) < 4.78 is 5.72. The maximum absolute atomic E-state index is 5.72. The molecule has 0 amide bonds. The molecule has 1 aliphatic carbocycles. The molecule has 0 aromatic heterocycles. The van der Waals surface area contributed by atoms with E-state index in [0.717, 1.165) is 43.7 Å². The van der Waals surface area contributed by atoms with E-state index in [-0.39, 0.29) is 0 Å². The van der Waals surface area contributed by atoms with Crippen LogP contribution in [0.3, 0.4) is 0 Å². The Morgan fingerprint density at radius 3 is 2.95 bits per heavy atom. The normalized spacial score (nSPS) is 27.5. The van der Waals surface area contributed by atoms with Crippen LogP contribution in [0.4, 0.5) is 0 Å². The van der Waals surface area contributed by atoms with Crippen LogP contribution in [-0.2, 0) is 0 Å². The molecule has 1 saturated carbocycles. The van der Waals surface area contributed by atoms with Gasteiger partial charge in [0.15, 0.2) is 5.96 Å². The van der Waals surface area contributed by atoms with Gasteiger partial charge in [-0.1, -0.05) is 25.1 Å². The standard InChI is InChI=1S/C17H25N3O/c1-3-18-17(20-15-10-12(15)2)19-11-13-8-9-21-16-7-5-4-6-14(13)16/h4-7,12-13,15H,3,8-11H2,1-2H3,(H2,18,19,20). The van der Waals surface area contributed by atoms with Crippen LogP contribution in [-0.4, -0.2) is 31.7 Å². The first-order valence-corrected chi connectivity index (χ1v) is 8.04. The van der Waals surface area contributed by atoms with Crippen LogP contribution in [0.1, 0.15) is 38.2 Å². The SMILES string of the molecule is CCNC(=NCC1CCOc2ccccc21)NC1CC1C. The van der Waals surface area contributed by atoms with Crippen LogP contribution in [0.25, 0.3) is 0 Å². The summed E-state index contributed by atoms with van der Waals surface area (Å²) in [6.45, 7) is 6.89. The second-order valence-electron chi connectivity index (χ2n) is 6.06. The predicted molar refractivity (Wildman–Crippen MR) is 86.0 cm³/mol. The first-order valence-electron chi connectivity index (χ1n) is 8.04. The van der Waals surface area contributed by atoms with Gasteiger partial charge in [0.2, 0.25) is 0 Å². The maximum Gasteiger partial charge on any atom is 0.191 e. The Morgan fingerprint density at radius 2 is 2.19 bits per heavy atom. The molecular weight excluding hydrogens is 262 g/mol. The number of nitrogens with one attached hydrogen (secondary N) is 2. The number of nitrogens with zero attached hydrogens (tertiary/aromatic N) is 1. The van der Waals surface area contributed by atoms with Crippen LogP contribution in [0.15, 0.2) is 29.3 Å². The Hall–Kier alpha value is -1.71. The fourth-order valence-electron chi connectivity index (χ4n) is 2.83. The Morgan fingerprint density at radius 1 is 1.38 bits per heavy atom. The van der Waals surface area contributed by atoms with Gasteiger partial charge in [-0.2, -0.15) is 0 Å². The average molecular weight is 287 g/mol. The molecule has 4 nitrogen and oxygen atoms in total. The van der Waals surface area contributed by atoms with Gasteiger partial charge in [0.1, 0.15) is 5.75 Å². The molecule has 3 atom stereocenters. The van der Waals surface area contributed by atoms with E-state index in [0.29, 0.717) is 12.0 Å². The molecule has 4 heteroatoms. The minimum absolute atomic E-state index is 0.460. The van der Waals surface area contributed by atoms with E-state index in [1.807, 2.05) is 6.07 Å². The monoisotopic (exact) mass is 287 g/mol. The highest BCUT2D eigenvalue weighted by Crippen LogP contribution is 2.33. The van der Waals surface area contributed by atoms with E-state index in [4.69, 9.17) is 9.73 Å². The Bertz CT molecular complexity index is 515. The minimum Gasteiger partial charge on any atom is -0.493 e. The van der Waals surface area contributed by atoms with Gasteiger partial charge < -0.3 is 15.4 Å². The number of ether oxygens (including phenoxy) is 1. The Labute approximate surface area is 127 Å². The summed E-state index contributed by atoms with van der Waals surface area (Å²) in [7, 11) is 0. The zero-order valence-electron chi connectivity index (χ0n) is 12.9. The van der Waals surface area contributed by atoms with Gasteiger partial charge in [0.05, 0.1) is 6.61 Å². The van der Waals surface area contributed by atoms with Gasteiger partial charge in [0, 0.05) is 25.0 Å². The zero-order valence-corrected chi connectivity index (χ0v) is 12.9. The number of guanidine groups is 1. The highest BCUT2D eigenvalue weighted by molar-refractivity contribution is 5.80. The lowest BCUT2D eigenvalue weighted by Gasteiger charge is -2.25. The van der Waals surface area contributed by atoms with Gasteiger partial charge in [-0.05, 0) is 37.3 Å². The van der Waals surface area contributed by atoms with Gasteiger partial charge in [-0.15, -0.1) is 0 Å². The molecule has 0 saturated heterocycles. The number of benzene rings is 1. The first-order chi connectivity index (χ1) is 10.3. The van der Waals surface area contributed by atoms with Crippen molar-refractivity contribution in [3.8, 4) is 5.75 Å². The van der Waals surface area contributed by atoms with E-state index in [9.17, 15) is 0 Å². The molecule has 114 valence electrons. The van der Waals surface area contributed by atoms with Crippen molar-refractivity contribution in [2.75, 3.05) is 19.7 Å². The largest absolute Gasteiger partial charge is 0.493 e. The lowest BCUT2D eigenvalue weighted by molar-refractivity contribution is 0.269. The van der Waals surface area contributed by atoms with Crippen molar-refractivity contribution in [2.24, 2.45) is 10.9 Å². The molecular formula is C17H25N3O. The van der Waals surface area contributed by atoms with Crippen molar-refractivity contribution in [2.45, 2.75) is 38.6 Å². The molecule has 1 aromatic carbocycles. The van der Waals surface area contributed by atoms with E-state index in [1.54, 1.807) is 0 Å². The summed E-state index contributed by atoms with van der Waals surface area (Å²) in [6, 6.07) is 8.94. The van der Waals surface area contributed by atoms with Crippen molar-refractivity contribution in [3.05, 3.63) is 29.8 Å². The smallest absolute Gasteiger partial charge is 0.191 e. The second-order valence-corrected chi connectivity index (χ2v) is 6.06. The zero-order chi connectivity index (χ0) is 14.7. The molecule has 1 aliphatic heterocycles. The molecule has 0 spiro atoms. The minimum atomic E-state index is 0.460. The summed E-state index contributed by atoms with van der Waals surface area (Å²) in [5.74, 6) is 3.22. The number of aliphatic imine (C=N–C) groups is 1. The molecule has 2 aliphatic rings. The first kappa shape index (κ1) is 14.2. The fraction of sp³-hybridized carbons (Fsp3) is 0.588. The van der Waals surface area contributed by atoms with Crippen LogP contribution in [0, 0.1) is 5.92 Å². The lowest BCUT2D eigenvalue weighted by atomic mass is 9.93. The highest BCUT2D eigenvalue weighted by Gasteiger charge is 2.33. The molecule has 3 rings (SSSR count). The quantitative estimate of drug-likeness (QED) is 0.661. The molecule has 3 unspecified atom stereocenters. The number of hydrogen-bond acceptors (Lipinski definition) is 2. The third kappa shape index (κ3) is 3.49. The summed E-state index contributed by atoms with van der Waals surface area (Å²) in [4.78, 5) is 4.79. The molecule has 0 bridgehead atoms. The fourth-order valence-corrected chi connectivity index (χ4v) is 2.83. The van der Waals surface area contributed by atoms with Gasteiger partial charge in [-0.25, -0.2) is 0 Å². The Balaban J connectivity index is 1.66. The van der Waals surface area contributed by atoms with Crippen LogP contribution < -0.4 is 15.4 Å². The summed E-state index contributed by atoms with van der Waals surface area (Å²) in [5, 5.41) is 6.86. The molecule has 1 aromatic rings. The number of para-hydroxylation sites is 1. The molecule has 1 fully saturated rings. The number of hydrogen-bond donors (Lipinski definition) is 2.